The highest BCUT2D eigenvalue weighted by Gasteiger charge is 2.39. The van der Waals surface area contributed by atoms with E-state index in [9.17, 15) is 18.8 Å². The van der Waals surface area contributed by atoms with Crippen LogP contribution in [0.3, 0.4) is 0 Å². The average Bonchev–Trinajstić information content (AvgIpc) is 3.33. The number of aromatic nitrogens is 2. The van der Waals surface area contributed by atoms with E-state index >= 15 is 0 Å². The van der Waals surface area contributed by atoms with Crippen LogP contribution in [0.1, 0.15) is 30.0 Å². The number of pyridine rings is 2. The summed E-state index contributed by atoms with van der Waals surface area (Å²) in [4.78, 5) is 44.7. The Hall–Kier alpha value is -3.89. The number of carbonyl (C=O) groups is 2. The Labute approximate surface area is 228 Å². The first-order valence-electron chi connectivity index (χ1n) is 11.5. The van der Waals surface area contributed by atoms with E-state index in [2.05, 4.69) is 31.0 Å². The molecule has 0 saturated heterocycles. The fourth-order valence-electron chi connectivity index (χ4n) is 4.51. The van der Waals surface area contributed by atoms with Crippen molar-refractivity contribution in [3.63, 3.8) is 0 Å². The molecule has 0 spiro atoms. The number of benzene rings is 2. The summed E-state index contributed by atoms with van der Waals surface area (Å²) in [6, 6.07) is 16.8. The lowest BCUT2D eigenvalue weighted by atomic mass is 9.91. The lowest BCUT2D eigenvalue weighted by Crippen LogP contribution is -2.35. The lowest BCUT2D eigenvalue weighted by Gasteiger charge is -2.23. The molecule has 4 aromatic rings. The van der Waals surface area contributed by atoms with E-state index in [-0.39, 0.29) is 17.7 Å². The van der Waals surface area contributed by atoms with Crippen LogP contribution >= 0.6 is 27.5 Å². The van der Waals surface area contributed by atoms with Crippen LogP contribution in [0.2, 0.25) is 5.02 Å². The number of halogens is 3. The van der Waals surface area contributed by atoms with Crippen molar-refractivity contribution < 1.29 is 19.1 Å². The molecule has 1 amide bonds. The highest BCUT2D eigenvalue weighted by Crippen LogP contribution is 2.37. The number of amides is 1. The first-order chi connectivity index (χ1) is 18.2. The number of rotatable bonds is 6. The molecule has 2 aromatic carbocycles. The van der Waals surface area contributed by atoms with Gasteiger partial charge in [0.05, 0.1) is 23.7 Å². The molecule has 192 valence electrons. The maximum atomic E-state index is 14.7. The molecule has 0 aliphatic carbocycles. The SMILES string of the molecule is O=C(O)CC(F)C(=O)N1N=C(c2c(-c3ccc(Br)cc3)c3cccnc3[nH]c2=O)C[C@@H]1c1ccc(Cl)cc1. The molecule has 0 radical (unpaired) electrons. The average molecular weight is 598 g/mol. The number of aliphatic carboxylic acids is 1. The maximum absolute atomic E-state index is 14.7. The number of hydrogen-bond donors (Lipinski definition) is 2. The zero-order valence-electron chi connectivity index (χ0n) is 19.6. The van der Waals surface area contributed by atoms with E-state index in [1.807, 2.05) is 30.3 Å². The summed E-state index contributed by atoms with van der Waals surface area (Å²) in [5.74, 6) is -2.56. The largest absolute Gasteiger partial charge is 0.481 e. The third kappa shape index (κ3) is 4.97. The molecule has 5 rings (SSSR count). The molecule has 38 heavy (non-hydrogen) atoms. The van der Waals surface area contributed by atoms with E-state index in [0.29, 0.717) is 27.2 Å². The van der Waals surface area contributed by atoms with Crippen molar-refractivity contribution in [2.45, 2.75) is 25.1 Å². The summed E-state index contributed by atoms with van der Waals surface area (Å²) in [6.07, 6.45) is -1.65. The van der Waals surface area contributed by atoms with Crippen LogP contribution in [0.25, 0.3) is 22.2 Å². The first-order valence-corrected chi connectivity index (χ1v) is 12.7. The fourth-order valence-corrected chi connectivity index (χ4v) is 4.90. The van der Waals surface area contributed by atoms with Gasteiger partial charge in [-0.3, -0.25) is 14.4 Å². The molecule has 2 atom stereocenters. The molecule has 2 N–H and O–H groups in total. The number of aromatic amines is 1. The van der Waals surface area contributed by atoms with Gasteiger partial charge in [-0.05, 0) is 47.5 Å². The van der Waals surface area contributed by atoms with Crippen molar-refractivity contribution >= 4 is 56.2 Å². The Balaban J connectivity index is 1.70. The molecule has 2 aromatic heterocycles. The van der Waals surface area contributed by atoms with E-state index in [1.165, 1.54) is 0 Å². The van der Waals surface area contributed by atoms with Gasteiger partial charge in [0.25, 0.3) is 11.5 Å². The summed E-state index contributed by atoms with van der Waals surface area (Å²) in [5, 5.41) is 15.5. The Kier molecular flexibility index (Phi) is 7.09. The van der Waals surface area contributed by atoms with Crippen molar-refractivity contribution in [2.24, 2.45) is 5.10 Å². The van der Waals surface area contributed by atoms with Gasteiger partial charge in [-0.1, -0.05) is 51.8 Å². The van der Waals surface area contributed by atoms with E-state index in [1.54, 1.807) is 36.5 Å². The lowest BCUT2D eigenvalue weighted by molar-refractivity contribution is -0.146. The summed E-state index contributed by atoms with van der Waals surface area (Å²) in [6.45, 7) is 0. The molecule has 1 aliphatic heterocycles. The topological polar surface area (TPSA) is 116 Å². The first kappa shape index (κ1) is 25.7. The number of carbonyl (C=O) groups excluding carboxylic acids is 1. The third-order valence-electron chi connectivity index (χ3n) is 6.22. The van der Waals surface area contributed by atoms with E-state index in [4.69, 9.17) is 16.7 Å². The van der Waals surface area contributed by atoms with E-state index in [0.717, 1.165) is 15.0 Å². The second kappa shape index (κ2) is 10.5. The molecular formula is C27H19BrClFN4O4. The van der Waals surface area contributed by atoms with Crippen LogP contribution < -0.4 is 5.56 Å². The second-order valence-corrected chi connectivity index (χ2v) is 10.0. The third-order valence-corrected chi connectivity index (χ3v) is 7.00. The number of nitrogens with one attached hydrogen (secondary N) is 1. The van der Waals surface area contributed by atoms with Gasteiger partial charge in [0.1, 0.15) is 5.65 Å². The Morgan fingerprint density at radius 2 is 1.84 bits per heavy atom. The van der Waals surface area contributed by atoms with Gasteiger partial charge in [-0.2, -0.15) is 5.10 Å². The Bertz CT molecular complexity index is 1640. The fraction of sp³-hybridized carbons (Fsp3) is 0.148. The molecular weight excluding hydrogens is 579 g/mol. The van der Waals surface area contributed by atoms with Crippen LogP contribution in [-0.4, -0.2) is 43.8 Å². The predicted molar refractivity (Wildman–Crippen MR) is 145 cm³/mol. The van der Waals surface area contributed by atoms with Crippen LogP contribution in [0.5, 0.6) is 0 Å². The van der Waals surface area contributed by atoms with Crippen molar-refractivity contribution in [2.75, 3.05) is 0 Å². The normalized spacial score (nSPS) is 15.9. The summed E-state index contributed by atoms with van der Waals surface area (Å²) in [7, 11) is 0. The smallest absolute Gasteiger partial charge is 0.306 e. The minimum atomic E-state index is -2.31. The summed E-state index contributed by atoms with van der Waals surface area (Å²) in [5.41, 5.74) is 2.27. The number of carboxylic acid groups (broad SMARTS) is 1. The van der Waals surface area contributed by atoms with E-state index < -0.39 is 36.1 Å². The summed E-state index contributed by atoms with van der Waals surface area (Å²) < 4.78 is 15.6. The highest BCUT2D eigenvalue weighted by atomic mass is 79.9. The van der Waals surface area contributed by atoms with Crippen molar-refractivity contribution in [1.29, 1.82) is 0 Å². The quantitative estimate of drug-likeness (QED) is 0.305. The monoisotopic (exact) mass is 596 g/mol. The van der Waals surface area contributed by atoms with Crippen molar-refractivity contribution in [3.8, 4) is 11.1 Å². The van der Waals surface area contributed by atoms with Gasteiger partial charge in [-0.15, -0.1) is 0 Å². The number of fused-ring (bicyclic) bond motifs is 1. The number of nitrogens with zero attached hydrogens (tertiary/aromatic N) is 3. The second-order valence-electron chi connectivity index (χ2n) is 8.68. The van der Waals surface area contributed by atoms with Crippen LogP contribution in [0.4, 0.5) is 4.39 Å². The Morgan fingerprint density at radius 1 is 1.13 bits per heavy atom. The molecule has 1 unspecified atom stereocenters. The molecule has 0 bridgehead atoms. The molecule has 1 aliphatic rings. The zero-order chi connectivity index (χ0) is 27.0. The highest BCUT2D eigenvalue weighted by molar-refractivity contribution is 9.10. The molecule has 11 heteroatoms. The number of alkyl halides is 1. The van der Waals surface area contributed by atoms with Gasteiger partial charge in [0.2, 0.25) is 0 Å². The van der Waals surface area contributed by atoms with Crippen LogP contribution in [0, 0.1) is 0 Å². The maximum Gasteiger partial charge on any atom is 0.306 e. The van der Waals surface area contributed by atoms with Gasteiger partial charge in [0.15, 0.2) is 6.17 Å². The Morgan fingerprint density at radius 3 is 2.53 bits per heavy atom. The standard InChI is InChI=1S/C27H19BrClFN4O4/c28-16-7-3-15(4-8-16)23-18-2-1-11-31-25(18)32-26(37)24(23)20-13-21(14-5-9-17(29)10-6-14)34(33-20)27(38)19(30)12-22(35)36/h1-11,19,21H,12-13H2,(H,35,36)(H,31,32,37)/t19?,21-/m1/s1. The molecule has 8 nitrogen and oxygen atoms in total. The minimum absolute atomic E-state index is 0.0888. The summed E-state index contributed by atoms with van der Waals surface area (Å²) >= 11 is 9.46. The van der Waals surface area contributed by atoms with Gasteiger partial charge >= 0.3 is 5.97 Å². The van der Waals surface area contributed by atoms with Crippen molar-refractivity contribution in [3.05, 3.63) is 97.8 Å². The van der Waals surface area contributed by atoms with Gasteiger partial charge < -0.3 is 10.1 Å². The number of H-pyrrole nitrogens is 1. The number of hydrazone groups is 1. The molecule has 3 heterocycles. The molecule has 0 saturated carbocycles. The zero-order valence-corrected chi connectivity index (χ0v) is 21.9. The molecule has 0 fully saturated rings. The van der Waals surface area contributed by atoms with Crippen molar-refractivity contribution in [1.82, 2.24) is 15.0 Å². The van der Waals surface area contributed by atoms with Crippen LogP contribution in [-0.2, 0) is 9.59 Å². The predicted octanol–water partition coefficient (Wildman–Crippen LogP) is 5.50. The number of carboxylic acids is 1. The van der Waals surface area contributed by atoms with Crippen LogP contribution in [0.15, 0.2) is 81.2 Å². The number of hydrogen-bond acceptors (Lipinski definition) is 5. The van der Waals surface area contributed by atoms with Gasteiger partial charge in [0, 0.05) is 33.1 Å². The van der Waals surface area contributed by atoms with Gasteiger partial charge in [-0.25, -0.2) is 14.4 Å². The minimum Gasteiger partial charge on any atom is -0.481 e.